The SMILES string of the molecule is NCC(Cc1ccco1)N1CCCC1. The normalized spacial score (nSPS) is 20.1. The van der Waals surface area contributed by atoms with Crippen LogP contribution in [0.1, 0.15) is 18.6 Å². The van der Waals surface area contributed by atoms with Gasteiger partial charge in [-0.05, 0) is 38.1 Å². The first-order valence-corrected chi connectivity index (χ1v) is 5.36. The fraction of sp³-hybridized carbons (Fsp3) is 0.636. The van der Waals surface area contributed by atoms with Crippen LogP contribution in [0.15, 0.2) is 22.8 Å². The molecule has 0 bridgehead atoms. The highest BCUT2D eigenvalue weighted by Gasteiger charge is 2.21. The van der Waals surface area contributed by atoms with E-state index < -0.39 is 0 Å². The van der Waals surface area contributed by atoms with Crippen molar-refractivity contribution in [3.05, 3.63) is 24.2 Å². The zero-order chi connectivity index (χ0) is 9.80. The standard InChI is InChI=1S/C11H18N2O/c12-9-10(13-5-1-2-6-13)8-11-4-3-7-14-11/h3-4,7,10H,1-2,5-6,8-9,12H2. The molecule has 0 saturated carbocycles. The quantitative estimate of drug-likeness (QED) is 0.784. The summed E-state index contributed by atoms with van der Waals surface area (Å²) in [4.78, 5) is 2.47. The summed E-state index contributed by atoms with van der Waals surface area (Å²) >= 11 is 0. The highest BCUT2D eigenvalue weighted by atomic mass is 16.3. The third kappa shape index (κ3) is 2.16. The molecule has 0 aliphatic carbocycles. The third-order valence-electron chi connectivity index (χ3n) is 2.95. The first kappa shape index (κ1) is 9.74. The molecule has 3 nitrogen and oxygen atoms in total. The third-order valence-corrected chi connectivity index (χ3v) is 2.95. The zero-order valence-corrected chi connectivity index (χ0v) is 8.48. The molecule has 1 aliphatic rings. The van der Waals surface area contributed by atoms with Crippen molar-refractivity contribution >= 4 is 0 Å². The average molecular weight is 194 g/mol. The second-order valence-corrected chi connectivity index (χ2v) is 3.92. The average Bonchev–Trinajstić information content (AvgIpc) is 2.86. The second-order valence-electron chi connectivity index (χ2n) is 3.92. The molecule has 2 N–H and O–H groups in total. The van der Waals surface area contributed by atoms with Crippen LogP contribution in [0, 0.1) is 0 Å². The monoisotopic (exact) mass is 194 g/mol. The molecule has 2 heterocycles. The molecule has 0 aromatic carbocycles. The van der Waals surface area contributed by atoms with Gasteiger partial charge < -0.3 is 10.2 Å². The Bertz CT molecular complexity index is 252. The van der Waals surface area contributed by atoms with Crippen LogP contribution < -0.4 is 5.73 Å². The molecule has 0 spiro atoms. The predicted molar refractivity (Wildman–Crippen MR) is 56.1 cm³/mol. The number of hydrogen-bond donors (Lipinski definition) is 1. The van der Waals surface area contributed by atoms with E-state index in [1.54, 1.807) is 6.26 Å². The van der Waals surface area contributed by atoms with E-state index in [0.717, 1.165) is 18.7 Å². The fourth-order valence-corrected chi connectivity index (χ4v) is 2.13. The molecule has 78 valence electrons. The topological polar surface area (TPSA) is 42.4 Å². The Morgan fingerprint density at radius 3 is 2.79 bits per heavy atom. The number of nitrogens with zero attached hydrogens (tertiary/aromatic N) is 1. The van der Waals surface area contributed by atoms with Crippen LogP contribution in [0.4, 0.5) is 0 Å². The zero-order valence-electron chi connectivity index (χ0n) is 8.48. The summed E-state index contributed by atoms with van der Waals surface area (Å²) in [7, 11) is 0. The number of furan rings is 1. The molecule has 14 heavy (non-hydrogen) atoms. The van der Waals surface area contributed by atoms with E-state index in [2.05, 4.69) is 4.90 Å². The molecular weight excluding hydrogens is 176 g/mol. The summed E-state index contributed by atoms with van der Waals surface area (Å²) < 4.78 is 5.34. The van der Waals surface area contributed by atoms with Crippen molar-refractivity contribution in [3.8, 4) is 0 Å². The maximum Gasteiger partial charge on any atom is 0.105 e. The van der Waals surface area contributed by atoms with Gasteiger partial charge in [0.1, 0.15) is 5.76 Å². The van der Waals surface area contributed by atoms with Crippen LogP contribution in [-0.2, 0) is 6.42 Å². The van der Waals surface area contributed by atoms with E-state index in [1.807, 2.05) is 12.1 Å². The van der Waals surface area contributed by atoms with E-state index in [1.165, 1.54) is 25.9 Å². The summed E-state index contributed by atoms with van der Waals surface area (Å²) in [6.07, 6.45) is 5.31. The van der Waals surface area contributed by atoms with Gasteiger partial charge in [0, 0.05) is 19.0 Å². The first-order chi connectivity index (χ1) is 6.90. The molecule has 3 heteroatoms. The van der Waals surface area contributed by atoms with Gasteiger partial charge in [0.25, 0.3) is 0 Å². The van der Waals surface area contributed by atoms with E-state index in [4.69, 9.17) is 10.2 Å². The van der Waals surface area contributed by atoms with Gasteiger partial charge in [-0.3, -0.25) is 4.90 Å². The highest BCUT2D eigenvalue weighted by Crippen LogP contribution is 2.15. The molecule has 2 rings (SSSR count). The second kappa shape index (κ2) is 4.62. The van der Waals surface area contributed by atoms with Crippen molar-refractivity contribution in [3.63, 3.8) is 0 Å². The van der Waals surface area contributed by atoms with Gasteiger partial charge in [0.05, 0.1) is 6.26 Å². The lowest BCUT2D eigenvalue weighted by atomic mass is 10.1. The van der Waals surface area contributed by atoms with Gasteiger partial charge in [0.2, 0.25) is 0 Å². The minimum atomic E-state index is 0.462. The van der Waals surface area contributed by atoms with Crippen molar-refractivity contribution in [1.82, 2.24) is 4.90 Å². The lowest BCUT2D eigenvalue weighted by Gasteiger charge is -2.25. The maximum absolute atomic E-state index is 5.79. The lowest BCUT2D eigenvalue weighted by Crippen LogP contribution is -2.40. The number of nitrogens with two attached hydrogens (primary N) is 1. The van der Waals surface area contributed by atoms with Crippen molar-refractivity contribution < 1.29 is 4.42 Å². The van der Waals surface area contributed by atoms with Crippen LogP contribution in [-0.4, -0.2) is 30.6 Å². The largest absolute Gasteiger partial charge is 0.469 e. The number of likely N-dealkylation sites (tertiary alicyclic amines) is 1. The first-order valence-electron chi connectivity index (χ1n) is 5.36. The summed E-state index contributed by atoms with van der Waals surface area (Å²) in [5.41, 5.74) is 5.79. The van der Waals surface area contributed by atoms with Crippen LogP contribution in [0.5, 0.6) is 0 Å². The molecule has 1 unspecified atom stereocenters. The minimum Gasteiger partial charge on any atom is -0.469 e. The Morgan fingerprint density at radius 2 is 2.21 bits per heavy atom. The smallest absolute Gasteiger partial charge is 0.105 e. The Labute approximate surface area is 84.9 Å². The summed E-state index contributed by atoms with van der Waals surface area (Å²) in [5, 5.41) is 0. The van der Waals surface area contributed by atoms with Gasteiger partial charge in [0.15, 0.2) is 0 Å². The van der Waals surface area contributed by atoms with Gasteiger partial charge in [-0.1, -0.05) is 0 Å². The molecule has 1 aromatic rings. The molecular formula is C11H18N2O. The molecule has 1 saturated heterocycles. The van der Waals surface area contributed by atoms with E-state index >= 15 is 0 Å². The van der Waals surface area contributed by atoms with Crippen molar-refractivity contribution in [2.24, 2.45) is 5.73 Å². The van der Waals surface area contributed by atoms with Crippen LogP contribution in [0.2, 0.25) is 0 Å². The summed E-state index contributed by atoms with van der Waals surface area (Å²) in [6, 6.07) is 4.43. The number of hydrogen-bond acceptors (Lipinski definition) is 3. The molecule has 1 aliphatic heterocycles. The van der Waals surface area contributed by atoms with E-state index in [0.29, 0.717) is 6.04 Å². The van der Waals surface area contributed by atoms with Crippen LogP contribution in [0.3, 0.4) is 0 Å². The lowest BCUT2D eigenvalue weighted by molar-refractivity contribution is 0.237. The Morgan fingerprint density at radius 1 is 1.43 bits per heavy atom. The molecule has 0 radical (unpaired) electrons. The van der Waals surface area contributed by atoms with Gasteiger partial charge in [-0.15, -0.1) is 0 Å². The fourth-order valence-electron chi connectivity index (χ4n) is 2.13. The summed E-state index contributed by atoms with van der Waals surface area (Å²) in [6.45, 7) is 3.12. The maximum atomic E-state index is 5.79. The van der Waals surface area contributed by atoms with Crippen LogP contribution >= 0.6 is 0 Å². The van der Waals surface area contributed by atoms with Gasteiger partial charge >= 0.3 is 0 Å². The Balaban J connectivity index is 1.92. The van der Waals surface area contributed by atoms with Crippen molar-refractivity contribution in [2.45, 2.75) is 25.3 Å². The molecule has 1 atom stereocenters. The Hall–Kier alpha value is -0.800. The molecule has 0 amide bonds. The molecule has 1 aromatic heterocycles. The predicted octanol–water partition coefficient (Wildman–Crippen LogP) is 1.25. The van der Waals surface area contributed by atoms with E-state index in [-0.39, 0.29) is 0 Å². The van der Waals surface area contributed by atoms with Gasteiger partial charge in [-0.25, -0.2) is 0 Å². The molecule has 1 fully saturated rings. The minimum absolute atomic E-state index is 0.462. The number of rotatable bonds is 4. The van der Waals surface area contributed by atoms with E-state index in [9.17, 15) is 0 Å². The highest BCUT2D eigenvalue weighted by molar-refractivity contribution is 5.01. The van der Waals surface area contributed by atoms with Crippen molar-refractivity contribution in [1.29, 1.82) is 0 Å². The van der Waals surface area contributed by atoms with Crippen molar-refractivity contribution in [2.75, 3.05) is 19.6 Å². The summed E-state index contributed by atoms with van der Waals surface area (Å²) in [5.74, 6) is 1.05. The van der Waals surface area contributed by atoms with Crippen LogP contribution in [0.25, 0.3) is 0 Å². The van der Waals surface area contributed by atoms with Gasteiger partial charge in [-0.2, -0.15) is 0 Å². The Kier molecular flexibility index (Phi) is 3.22.